The molecule has 0 aliphatic rings. The minimum absolute atomic E-state index is 0.108. The highest BCUT2D eigenvalue weighted by Crippen LogP contribution is 2.33. The van der Waals surface area contributed by atoms with Gasteiger partial charge in [-0.1, -0.05) is 17.7 Å². The van der Waals surface area contributed by atoms with Crippen molar-refractivity contribution in [1.82, 2.24) is 0 Å². The van der Waals surface area contributed by atoms with Crippen molar-refractivity contribution in [3.63, 3.8) is 0 Å². The maximum atomic E-state index is 12.3. The van der Waals surface area contributed by atoms with Gasteiger partial charge in [0.05, 0.1) is 11.1 Å². The number of nitrogens with one attached hydrogen (secondary N) is 1. The number of nitriles is 1. The van der Waals surface area contributed by atoms with Gasteiger partial charge in [-0.25, -0.2) is 0 Å². The fourth-order valence-corrected chi connectivity index (χ4v) is 2.86. The number of aromatic hydroxyl groups is 1. The lowest BCUT2D eigenvalue weighted by molar-refractivity contribution is -0.112. The van der Waals surface area contributed by atoms with Gasteiger partial charge in [0.1, 0.15) is 23.1 Å². The molecular formula is C18H14BrClN2O3. The molecule has 0 aliphatic carbocycles. The topological polar surface area (TPSA) is 82.3 Å². The Balaban J connectivity index is 2.28. The largest absolute Gasteiger partial charge is 0.506 e. The van der Waals surface area contributed by atoms with Crippen molar-refractivity contribution < 1.29 is 14.6 Å². The van der Waals surface area contributed by atoms with Crippen LogP contribution in [0.5, 0.6) is 11.5 Å². The molecule has 0 unspecified atom stereocenters. The highest BCUT2D eigenvalue weighted by Gasteiger charge is 2.13. The molecule has 0 atom stereocenters. The van der Waals surface area contributed by atoms with Gasteiger partial charge in [-0.15, -0.1) is 0 Å². The minimum Gasteiger partial charge on any atom is -0.506 e. The first-order valence-corrected chi connectivity index (χ1v) is 8.45. The summed E-state index contributed by atoms with van der Waals surface area (Å²) in [6, 6.07) is 11.6. The van der Waals surface area contributed by atoms with Gasteiger partial charge in [0, 0.05) is 22.3 Å². The molecule has 0 bridgehead atoms. The molecule has 1 amide bonds. The number of ether oxygens (including phenoxy) is 1. The fraction of sp³-hybridized carbons (Fsp3) is 0.111. The fourth-order valence-electron chi connectivity index (χ4n) is 2.03. The van der Waals surface area contributed by atoms with Crippen LogP contribution in [-0.2, 0) is 4.79 Å². The van der Waals surface area contributed by atoms with Crippen LogP contribution in [0, 0.1) is 11.3 Å². The molecule has 5 nitrogen and oxygen atoms in total. The molecule has 2 aromatic rings. The summed E-state index contributed by atoms with van der Waals surface area (Å²) in [6.45, 7) is 2.36. The van der Waals surface area contributed by atoms with Gasteiger partial charge < -0.3 is 15.2 Å². The second-order valence-electron chi connectivity index (χ2n) is 4.91. The van der Waals surface area contributed by atoms with Gasteiger partial charge >= 0.3 is 0 Å². The molecule has 2 rings (SSSR count). The van der Waals surface area contributed by atoms with Crippen molar-refractivity contribution in [1.29, 1.82) is 5.26 Å². The molecule has 0 aliphatic heterocycles. The molecule has 0 saturated heterocycles. The average molecular weight is 422 g/mol. The van der Waals surface area contributed by atoms with Gasteiger partial charge in [0.25, 0.3) is 5.91 Å². The van der Waals surface area contributed by atoms with E-state index in [4.69, 9.17) is 16.3 Å². The number of rotatable bonds is 5. The van der Waals surface area contributed by atoms with Crippen molar-refractivity contribution in [3.8, 4) is 17.6 Å². The number of nitrogens with zero attached hydrogens (tertiary/aromatic N) is 1. The molecule has 0 radical (unpaired) electrons. The zero-order valence-electron chi connectivity index (χ0n) is 13.2. The Hall–Kier alpha value is -2.49. The van der Waals surface area contributed by atoms with Gasteiger partial charge in [-0.3, -0.25) is 4.79 Å². The number of anilines is 1. The SMILES string of the molecule is CCOc1cccc(NC(=O)C(C#N)=Cc2cc(Cl)cc(Br)c2O)c1. The number of phenols is 1. The molecule has 2 N–H and O–H groups in total. The van der Waals surface area contributed by atoms with Crippen molar-refractivity contribution in [2.75, 3.05) is 11.9 Å². The van der Waals surface area contributed by atoms with Gasteiger partial charge in [-0.2, -0.15) is 5.26 Å². The quantitative estimate of drug-likeness (QED) is 0.539. The average Bonchev–Trinajstić information content (AvgIpc) is 2.57. The van der Waals surface area contributed by atoms with Crippen LogP contribution < -0.4 is 10.1 Å². The van der Waals surface area contributed by atoms with Gasteiger partial charge in [0.15, 0.2) is 0 Å². The standard InChI is InChI=1S/C18H14BrClN2O3/c1-2-25-15-5-3-4-14(9-15)22-18(24)12(10-21)6-11-7-13(20)8-16(19)17(11)23/h3-9,23H,2H2,1H3,(H,22,24). The second kappa shape index (κ2) is 8.56. The first-order valence-electron chi connectivity index (χ1n) is 7.28. The predicted octanol–water partition coefficient (Wildman–Crippen LogP) is 4.75. The maximum absolute atomic E-state index is 12.3. The van der Waals surface area contributed by atoms with E-state index in [1.165, 1.54) is 18.2 Å². The van der Waals surface area contributed by atoms with E-state index in [1.807, 2.05) is 13.0 Å². The number of halogens is 2. The summed E-state index contributed by atoms with van der Waals surface area (Å²) in [4.78, 5) is 12.3. The molecule has 0 fully saturated rings. The first kappa shape index (κ1) is 18.8. The summed E-state index contributed by atoms with van der Waals surface area (Å²) in [7, 11) is 0. The number of hydrogen-bond donors (Lipinski definition) is 2. The van der Waals surface area contributed by atoms with Crippen molar-refractivity contribution in [2.24, 2.45) is 0 Å². The third-order valence-electron chi connectivity index (χ3n) is 3.13. The zero-order chi connectivity index (χ0) is 18.4. The van der Waals surface area contributed by atoms with E-state index in [0.29, 0.717) is 27.5 Å². The monoisotopic (exact) mass is 420 g/mol. The molecule has 0 heterocycles. The van der Waals surface area contributed by atoms with E-state index in [2.05, 4.69) is 21.2 Å². The molecule has 2 aromatic carbocycles. The van der Waals surface area contributed by atoms with Crippen LogP contribution in [0.3, 0.4) is 0 Å². The van der Waals surface area contributed by atoms with Gasteiger partial charge in [-0.05, 0) is 53.2 Å². The lowest BCUT2D eigenvalue weighted by Gasteiger charge is -2.08. The van der Waals surface area contributed by atoms with Crippen molar-refractivity contribution in [2.45, 2.75) is 6.92 Å². The first-order chi connectivity index (χ1) is 11.9. The van der Waals surface area contributed by atoms with Crippen LogP contribution in [0.25, 0.3) is 6.08 Å². The predicted molar refractivity (Wildman–Crippen MR) is 101 cm³/mol. The van der Waals surface area contributed by atoms with Crippen LogP contribution in [0.15, 0.2) is 46.4 Å². The summed E-state index contributed by atoms with van der Waals surface area (Å²) in [6.07, 6.45) is 1.27. The summed E-state index contributed by atoms with van der Waals surface area (Å²) in [5.41, 5.74) is 0.578. The Morgan fingerprint density at radius 1 is 1.44 bits per heavy atom. The summed E-state index contributed by atoms with van der Waals surface area (Å²) in [5.74, 6) is -0.103. The van der Waals surface area contributed by atoms with E-state index >= 15 is 0 Å². The van der Waals surface area contributed by atoms with E-state index < -0.39 is 5.91 Å². The molecule has 128 valence electrons. The molecule has 25 heavy (non-hydrogen) atoms. The van der Waals surface area contributed by atoms with E-state index in [9.17, 15) is 15.2 Å². The lowest BCUT2D eigenvalue weighted by atomic mass is 10.1. The Kier molecular flexibility index (Phi) is 6.45. The number of hydrogen-bond acceptors (Lipinski definition) is 4. The molecule has 7 heteroatoms. The zero-order valence-corrected chi connectivity index (χ0v) is 15.6. The highest BCUT2D eigenvalue weighted by atomic mass is 79.9. The molecule has 0 saturated carbocycles. The number of carbonyl (C=O) groups excluding carboxylic acids is 1. The third-order valence-corrected chi connectivity index (χ3v) is 3.95. The lowest BCUT2D eigenvalue weighted by Crippen LogP contribution is -2.13. The number of phenolic OH excluding ortho intramolecular Hbond substituents is 1. The van der Waals surface area contributed by atoms with Crippen LogP contribution in [0.2, 0.25) is 5.02 Å². The van der Waals surface area contributed by atoms with Gasteiger partial charge in [0.2, 0.25) is 0 Å². The van der Waals surface area contributed by atoms with E-state index in [1.54, 1.807) is 24.3 Å². The maximum Gasteiger partial charge on any atom is 0.266 e. The summed E-state index contributed by atoms with van der Waals surface area (Å²) >= 11 is 9.10. The highest BCUT2D eigenvalue weighted by molar-refractivity contribution is 9.10. The Morgan fingerprint density at radius 2 is 2.20 bits per heavy atom. The van der Waals surface area contributed by atoms with Crippen LogP contribution >= 0.6 is 27.5 Å². The Morgan fingerprint density at radius 3 is 2.88 bits per heavy atom. The van der Waals surface area contributed by atoms with Crippen LogP contribution in [0.1, 0.15) is 12.5 Å². The second-order valence-corrected chi connectivity index (χ2v) is 6.20. The molecule has 0 spiro atoms. The molecular weight excluding hydrogens is 408 g/mol. The number of benzene rings is 2. The van der Waals surface area contributed by atoms with Crippen LogP contribution in [-0.4, -0.2) is 17.6 Å². The molecule has 0 aromatic heterocycles. The Labute approximate surface area is 158 Å². The smallest absolute Gasteiger partial charge is 0.266 e. The normalized spacial score (nSPS) is 10.9. The minimum atomic E-state index is -0.605. The summed E-state index contributed by atoms with van der Waals surface area (Å²) in [5, 5.41) is 22.3. The van der Waals surface area contributed by atoms with Crippen molar-refractivity contribution >= 4 is 45.2 Å². The Bertz CT molecular complexity index is 875. The van der Waals surface area contributed by atoms with E-state index in [0.717, 1.165) is 0 Å². The third kappa shape index (κ3) is 4.99. The summed E-state index contributed by atoms with van der Waals surface area (Å²) < 4.78 is 5.74. The number of carbonyl (C=O) groups is 1. The van der Waals surface area contributed by atoms with Crippen LogP contribution in [0.4, 0.5) is 5.69 Å². The van der Waals surface area contributed by atoms with Crippen molar-refractivity contribution in [3.05, 3.63) is 57.0 Å². The number of amides is 1. The van der Waals surface area contributed by atoms with E-state index in [-0.39, 0.29) is 16.9 Å².